The average Bonchev–Trinajstić information content (AvgIpc) is 2.34. The zero-order chi connectivity index (χ0) is 15.0. The van der Waals surface area contributed by atoms with Gasteiger partial charge in [-0.05, 0) is 50.1 Å². The fourth-order valence-electron chi connectivity index (χ4n) is 1.92. The summed E-state index contributed by atoms with van der Waals surface area (Å²) in [7, 11) is 0. The summed E-state index contributed by atoms with van der Waals surface area (Å²) in [4.78, 5) is 10.5. The van der Waals surface area contributed by atoms with Crippen molar-refractivity contribution in [2.75, 3.05) is 19.7 Å². The van der Waals surface area contributed by atoms with Gasteiger partial charge in [0.05, 0.1) is 0 Å². The number of hydrogen-bond donors (Lipinski definition) is 3. The van der Waals surface area contributed by atoms with Crippen LogP contribution in [0.4, 0.5) is 0 Å². The first-order chi connectivity index (χ1) is 9.47. The number of aliphatic hydroxyl groups excluding tert-OH is 1. The number of nitrogens with one attached hydrogen (secondary N) is 1. The first kappa shape index (κ1) is 16.5. The van der Waals surface area contributed by atoms with Gasteiger partial charge >= 0.3 is 0 Å². The molecule has 1 aromatic carbocycles. The number of nitrogens with two attached hydrogens (primary N) is 1. The molecule has 0 radical (unpaired) electrons. The molecule has 0 aliphatic heterocycles. The van der Waals surface area contributed by atoms with E-state index in [1.807, 2.05) is 26.0 Å². The molecule has 0 spiro atoms. The molecule has 0 saturated carbocycles. The van der Waals surface area contributed by atoms with Gasteiger partial charge in [-0.2, -0.15) is 0 Å². The molecule has 112 valence electrons. The third-order valence-electron chi connectivity index (χ3n) is 2.79. The van der Waals surface area contributed by atoms with E-state index in [-0.39, 0.29) is 12.5 Å². The minimum atomic E-state index is -0.579. The van der Waals surface area contributed by atoms with Gasteiger partial charge in [0, 0.05) is 13.0 Å². The first-order valence-corrected chi connectivity index (χ1v) is 6.85. The molecule has 1 atom stereocenters. The predicted molar refractivity (Wildman–Crippen MR) is 78.7 cm³/mol. The van der Waals surface area contributed by atoms with Gasteiger partial charge in [0.2, 0.25) is 5.91 Å². The number of rotatable bonds is 9. The maximum Gasteiger partial charge on any atom is 0.217 e. The third kappa shape index (κ3) is 7.11. The van der Waals surface area contributed by atoms with E-state index in [9.17, 15) is 9.90 Å². The van der Waals surface area contributed by atoms with Gasteiger partial charge in [-0.1, -0.05) is 6.07 Å². The van der Waals surface area contributed by atoms with Crippen LogP contribution in [-0.2, 0) is 4.79 Å². The third-order valence-corrected chi connectivity index (χ3v) is 2.79. The van der Waals surface area contributed by atoms with Crippen molar-refractivity contribution in [1.82, 2.24) is 5.32 Å². The molecule has 0 aliphatic rings. The predicted octanol–water partition coefficient (Wildman–Crippen LogP) is 0.898. The number of aliphatic hydroxyl groups is 1. The average molecular weight is 280 g/mol. The highest BCUT2D eigenvalue weighted by Gasteiger charge is 2.05. The Hall–Kier alpha value is -1.59. The summed E-state index contributed by atoms with van der Waals surface area (Å²) in [5.74, 6) is 0.473. The monoisotopic (exact) mass is 280 g/mol. The minimum Gasteiger partial charge on any atom is -0.491 e. The van der Waals surface area contributed by atoms with E-state index >= 15 is 0 Å². The quantitative estimate of drug-likeness (QED) is 0.587. The van der Waals surface area contributed by atoms with Crippen LogP contribution in [0.25, 0.3) is 0 Å². The Morgan fingerprint density at radius 1 is 1.35 bits per heavy atom. The van der Waals surface area contributed by atoms with E-state index in [0.717, 1.165) is 16.9 Å². The highest BCUT2D eigenvalue weighted by molar-refractivity contribution is 5.73. The van der Waals surface area contributed by atoms with Crippen LogP contribution < -0.4 is 15.8 Å². The maximum absolute atomic E-state index is 10.5. The second-order valence-corrected chi connectivity index (χ2v) is 5.06. The van der Waals surface area contributed by atoms with Crippen molar-refractivity contribution in [2.45, 2.75) is 32.8 Å². The van der Waals surface area contributed by atoms with Gasteiger partial charge in [-0.15, -0.1) is 0 Å². The normalized spacial score (nSPS) is 12.2. The molecule has 1 rings (SSSR count). The van der Waals surface area contributed by atoms with Gasteiger partial charge in [-0.3, -0.25) is 4.79 Å². The Morgan fingerprint density at radius 3 is 2.60 bits per heavy atom. The van der Waals surface area contributed by atoms with Crippen molar-refractivity contribution >= 4 is 5.91 Å². The molecular weight excluding hydrogens is 256 g/mol. The van der Waals surface area contributed by atoms with Crippen molar-refractivity contribution in [1.29, 1.82) is 0 Å². The molecule has 5 nitrogen and oxygen atoms in total. The molecule has 0 saturated heterocycles. The molecule has 5 heteroatoms. The molecule has 0 bridgehead atoms. The van der Waals surface area contributed by atoms with Crippen LogP contribution >= 0.6 is 0 Å². The standard InChI is InChI=1S/C15H24N2O3/c1-11-6-12(2)8-14(7-11)20-10-13(18)9-17-5-3-4-15(16)19/h6-8,13,17-18H,3-5,9-10H2,1-2H3,(H2,16,19). The van der Waals surface area contributed by atoms with E-state index < -0.39 is 6.10 Å². The first-order valence-electron chi connectivity index (χ1n) is 6.85. The van der Waals surface area contributed by atoms with Crippen LogP contribution in [-0.4, -0.2) is 36.8 Å². The number of carbonyl (C=O) groups is 1. The summed E-state index contributed by atoms with van der Waals surface area (Å²) in [6.45, 7) is 5.35. The van der Waals surface area contributed by atoms with Crippen LogP contribution in [0, 0.1) is 13.8 Å². The van der Waals surface area contributed by atoms with Crippen molar-refractivity contribution in [3.8, 4) is 5.75 Å². The molecule has 4 N–H and O–H groups in total. The molecule has 0 heterocycles. The second kappa shape index (κ2) is 8.55. The summed E-state index contributed by atoms with van der Waals surface area (Å²) in [6.07, 6.45) is 0.465. The van der Waals surface area contributed by atoms with Crippen molar-refractivity contribution < 1.29 is 14.6 Å². The Morgan fingerprint density at radius 2 is 2.00 bits per heavy atom. The Kier molecular flexibility index (Phi) is 7.04. The van der Waals surface area contributed by atoms with Crippen molar-refractivity contribution in [3.63, 3.8) is 0 Å². The second-order valence-electron chi connectivity index (χ2n) is 5.06. The van der Waals surface area contributed by atoms with Gasteiger partial charge in [0.1, 0.15) is 18.5 Å². The van der Waals surface area contributed by atoms with Crippen molar-refractivity contribution in [2.24, 2.45) is 5.73 Å². The molecule has 1 aromatic rings. The minimum absolute atomic E-state index is 0.242. The fourth-order valence-corrected chi connectivity index (χ4v) is 1.92. The van der Waals surface area contributed by atoms with Gasteiger partial charge in [0.15, 0.2) is 0 Å². The van der Waals surface area contributed by atoms with E-state index in [2.05, 4.69) is 11.4 Å². The summed E-state index contributed by atoms with van der Waals surface area (Å²) in [5, 5.41) is 12.8. The zero-order valence-corrected chi connectivity index (χ0v) is 12.2. The molecular formula is C15H24N2O3. The Bertz CT molecular complexity index is 415. The topological polar surface area (TPSA) is 84.6 Å². The Labute approximate surface area is 120 Å². The molecule has 0 aliphatic carbocycles. The smallest absolute Gasteiger partial charge is 0.217 e. The number of amides is 1. The van der Waals surface area contributed by atoms with Crippen LogP contribution in [0.1, 0.15) is 24.0 Å². The van der Waals surface area contributed by atoms with Crippen LogP contribution in [0.5, 0.6) is 5.75 Å². The van der Waals surface area contributed by atoms with E-state index in [1.54, 1.807) is 0 Å². The van der Waals surface area contributed by atoms with Crippen LogP contribution in [0.2, 0.25) is 0 Å². The molecule has 0 aromatic heterocycles. The van der Waals surface area contributed by atoms with Gasteiger partial charge < -0.3 is 20.9 Å². The van der Waals surface area contributed by atoms with E-state index in [1.165, 1.54) is 0 Å². The van der Waals surface area contributed by atoms with E-state index in [0.29, 0.717) is 25.9 Å². The van der Waals surface area contributed by atoms with E-state index in [4.69, 9.17) is 10.5 Å². The largest absolute Gasteiger partial charge is 0.491 e. The molecule has 20 heavy (non-hydrogen) atoms. The SMILES string of the molecule is Cc1cc(C)cc(OCC(O)CNCCCC(N)=O)c1. The number of benzene rings is 1. The van der Waals surface area contributed by atoms with Crippen LogP contribution in [0.3, 0.4) is 0 Å². The number of ether oxygens (including phenoxy) is 1. The number of primary amides is 1. The summed E-state index contributed by atoms with van der Waals surface area (Å²) < 4.78 is 5.56. The van der Waals surface area contributed by atoms with Crippen molar-refractivity contribution in [3.05, 3.63) is 29.3 Å². The molecule has 0 fully saturated rings. The lowest BCUT2D eigenvalue weighted by atomic mass is 10.1. The summed E-state index contributed by atoms with van der Waals surface area (Å²) >= 11 is 0. The highest BCUT2D eigenvalue weighted by atomic mass is 16.5. The lowest BCUT2D eigenvalue weighted by Gasteiger charge is -2.14. The lowest BCUT2D eigenvalue weighted by molar-refractivity contribution is -0.118. The molecule has 1 unspecified atom stereocenters. The summed E-state index contributed by atoms with van der Waals surface area (Å²) in [5.41, 5.74) is 7.31. The number of carbonyl (C=O) groups excluding carboxylic acids is 1. The van der Waals surface area contributed by atoms with Crippen LogP contribution in [0.15, 0.2) is 18.2 Å². The number of aryl methyl sites for hydroxylation is 2. The van der Waals surface area contributed by atoms with Gasteiger partial charge in [0.25, 0.3) is 0 Å². The highest BCUT2D eigenvalue weighted by Crippen LogP contribution is 2.16. The maximum atomic E-state index is 10.5. The molecule has 1 amide bonds. The summed E-state index contributed by atoms with van der Waals surface area (Å²) in [6, 6.07) is 5.96. The Balaban J connectivity index is 2.19. The fraction of sp³-hybridized carbons (Fsp3) is 0.533. The zero-order valence-electron chi connectivity index (χ0n) is 12.2. The lowest BCUT2D eigenvalue weighted by Crippen LogP contribution is -2.32. The number of hydrogen-bond acceptors (Lipinski definition) is 4. The van der Waals surface area contributed by atoms with Gasteiger partial charge in [-0.25, -0.2) is 0 Å².